The number of nitrogens with two attached hydrogens (primary N) is 1. The van der Waals surface area contributed by atoms with Gasteiger partial charge in [0.25, 0.3) is 0 Å². The SMILES string of the molecule is N[C@H]1CCC2CC1C2. The Balaban J connectivity index is 2.01. The maximum Gasteiger partial charge on any atom is 0.00674 e. The molecule has 3 aliphatic rings. The van der Waals surface area contributed by atoms with Crippen molar-refractivity contribution in [2.24, 2.45) is 17.6 Å². The van der Waals surface area contributed by atoms with Crippen molar-refractivity contribution in [1.29, 1.82) is 0 Å². The first-order valence-corrected chi connectivity index (χ1v) is 3.62. The zero-order valence-electron chi connectivity index (χ0n) is 5.14. The second-order valence-electron chi connectivity index (χ2n) is 3.34. The minimum absolute atomic E-state index is 0.569. The molecule has 0 aromatic heterocycles. The lowest BCUT2D eigenvalue weighted by molar-refractivity contribution is 0.0917. The molecule has 1 heteroatoms. The summed E-state index contributed by atoms with van der Waals surface area (Å²) in [7, 11) is 0. The summed E-state index contributed by atoms with van der Waals surface area (Å²) in [6, 6.07) is 0.569. The molecule has 0 saturated heterocycles. The van der Waals surface area contributed by atoms with Crippen LogP contribution in [-0.2, 0) is 0 Å². The summed E-state index contributed by atoms with van der Waals surface area (Å²) in [4.78, 5) is 0. The Kier molecular flexibility index (Phi) is 0.884. The topological polar surface area (TPSA) is 26.0 Å². The lowest BCUT2D eigenvalue weighted by Crippen LogP contribution is -2.44. The molecule has 0 radical (unpaired) electrons. The predicted molar refractivity (Wildman–Crippen MR) is 33.4 cm³/mol. The Morgan fingerprint density at radius 2 is 1.88 bits per heavy atom. The van der Waals surface area contributed by atoms with Gasteiger partial charge in [0.15, 0.2) is 0 Å². The molecule has 3 rings (SSSR count). The van der Waals surface area contributed by atoms with Gasteiger partial charge in [-0.2, -0.15) is 0 Å². The highest BCUT2D eigenvalue weighted by atomic mass is 14.7. The monoisotopic (exact) mass is 111 g/mol. The van der Waals surface area contributed by atoms with Crippen molar-refractivity contribution in [3.05, 3.63) is 0 Å². The average Bonchev–Trinajstić information content (AvgIpc) is 1.62. The Morgan fingerprint density at radius 3 is 2.12 bits per heavy atom. The lowest BCUT2D eigenvalue weighted by atomic mass is 9.63. The van der Waals surface area contributed by atoms with Gasteiger partial charge in [0, 0.05) is 6.04 Å². The average molecular weight is 111 g/mol. The molecule has 1 atom stereocenters. The van der Waals surface area contributed by atoms with E-state index < -0.39 is 0 Å². The molecular formula is C7H13N. The van der Waals surface area contributed by atoms with E-state index in [1.165, 1.54) is 25.7 Å². The molecule has 1 nitrogen and oxygen atoms in total. The van der Waals surface area contributed by atoms with Gasteiger partial charge in [-0.05, 0) is 37.5 Å². The quantitative estimate of drug-likeness (QED) is 0.498. The van der Waals surface area contributed by atoms with Crippen LogP contribution in [0.1, 0.15) is 25.7 Å². The van der Waals surface area contributed by atoms with Crippen molar-refractivity contribution in [3.8, 4) is 0 Å². The minimum atomic E-state index is 0.569. The summed E-state index contributed by atoms with van der Waals surface area (Å²) in [5, 5.41) is 0. The summed E-state index contributed by atoms with van der Waals surface area (Å²) >= 11 is 0. The third-order valence-electron chi connectivity index (χ3n) is 2.79. The first kappa shape index (κ1) is 4.80. The molecule has 3 saturated carbocycles. The molecule has 2 bridgehead atoms. The van der Waals surface area contributed by atoms with E-state index >= 15 is 0 Å². The highest BCUT2D eigenvalue weighted by Gasteiger charge is 2.37. The smallest absolute Gasteiger partial charge is 0.00674 e. The van der Waals surface area contributed by atoms with Crippen molar-refractivity contribution < 1.29 is 0 Å². The van der Waals surface area contributed by atoms with Crippen molar-refractivity contribution in [2.45, 2.75) is 31.7 Å². The summed E-state index contributed by atoms with van der Waals surface area (Å²) in [6.45, 7) is 0. The fraction of sp³-hybridized carbons (Fsp3) is 1.00. The molecule has 3 fully saturated rings. The first-order valence-electron chi connectivity index (χ1n) is 3.62. The van der Waals surface area contributed by atoms with Gasteiger partial charge in [-0.1, -0.05) is 0 Å². The molecular weight excluding hydrogens is 98.1 g/mol. The third-order valence-corrected chi connectivity index (χ3v) is 2.79. The normalized spacial score (nSPS) is 52.9. The zero-order chi connectivity index (χ0) is 5.56. The molecule has 8 heavy (non-hydrogen) atoms. The molecule has 46 valence electrons. The van der Waals surface area contributed by atoms with E-state index in [-0.39, 0.29) is 0 Å². The van der Waals surface area contributed by atoms with Crippen LogP contribution in [0.25, 0.3) is 0 Å². The van der Waals surface area contributed by atoms with Gasteiger partial charge in [-0.3, -0.25) is 0 Å². The third kappa shape index (κ3) is 0.510. The van der Waals surface area contributed by atoms with Crippen LogP contribution in [0.4, 0.5) is 0 Å². The Labute approximate surface area is 50.3 Å². The second-order valence-corrected chi connectivity index (χ2v) is 3.34. The maximum atomic E-state index is 5.82. The summed E-state index contributed by atoms with van der Waals surface area (Å²) in [6.07, 6.45) is 5.61. The second kappa shape index (κ2) is 1.47. The van der Waals surface area contributed by atoms with Gasteiger partial charge < -0.3 is 5.73 Å². The molecule has 3 aliphatic carbocycles. The Hall–Kier alpha value is -0.0400. The molecule has 2 N–H and O–H groups in total. The Morgan fingerprint density at radius 1 is 1.12 bits per heavy atom. The van der Waals surface area contributed by atoms with Crippen LogP contribution in [0, 0.1) is 11.8 Å². The molecule has 0 unspecified atom stereocenters. The molecule has 0 amide bonds. The van der Waals surface area contributed by atoms with Crippen molar-refractivity contribution >= 4 is 0 Å². The molecule has 0 spiro atoms. The van der Waals surface area contributed by atoms with Crippen molar-refractivity contribution in [2.75, 3.05) is 0 Å². The molecule has 0 aromatic rings. The number of hydrogen-bond acceptors (Lipinski definition) is 1. The zero-order valence-corrected chi connectivity index (χ0v) is 5.14. The van der Waals surface area contributed by atoms with Gasteiger partial charge in [-0.25, -0.2) is 0 Å². The van der Waals surface area contributed by atoms with Gasteiger partial charge >= 0.3 is 0 Å². The van der Waals surface area contributed by atoms with Gasteiger partial charge in [0.05, 0.1) is 0 Å². The van der Waals surface area contributed by atoms with Crippen LogP contribution in [0.2, 0.25) is 0 Å². The minimum Gasteiger partial charge on any atom is -0.327 e. The fourth-order valence-corrected chi connectivity index (χ4v) is 2.04. The predicted octanol–water partition coefficient (Wildman–Crippen LogP) is 1.13. The van der Waals surface area contributed by atoms with Gasteiger partial charge in [0.2, 0.25) is 0 Å². The number of fused-ring (bicyclic) bond motifs is 2. The van der Waals surface area contributed by atoms with E-state index in [9.17, 15) is 0 Å². The van der Waals surface area contributed by atoms with E-state index in [2.05, 4.69) is 0 Å². The van der Waals surface area contributed by atoms with Gasteiger partial charge in [-0.15, -0.1) is 0 Å². The van der Waals surface area contributed by atoms with E-state index in [0.717, 1.165) is 11.8 Å². The van der Waals surface area contributed by atoms with Crippen LogP contribution in [0.15, 0.2) is 0 Å². The standard InChI is InChI=1S/C7H13N/c8-7-2-1-5-3-6(7)4-5/h5-7H,1-4,8H2/t5?,6?,7-/m0/s1. The van der Waals surface area contributed by atoms with Crippen LogP contribution >= 0.6 is 0 Å². The van der Waals surface area contributed by atoms with E-state index in [4.69, 9.17) is 5.73 Å². The van der Waals surface area contributed by atoms with Gasteiger partial charge in [0.1, 0.15) is 0 Å². The summed E-state index contributed by atoms with van der Waals surface area (Å²) in [5.74, 6) is 2.01. The van der Waals surface area contributed by atoms with Crippen LogP contribution in [0.5, 0.6) is 0 Å². The molecule has 0 heterocycles. The van der Waals surface area contributed by atoms with Crippen LogP contribution in [-0.4, -0.2) is 6.04 Å². The summed E-state index contributed by atoms with van der Waals surface area (Å²) < 4.78 is 0. The molecule has 0 aliphatic heterocycles. The van der Waals surface area contributed by atoms with Crippen LogP contribution in [0.3, 0.4) is 0 Å². The van der Waals surface area contributed by atoms with Crippen molar-refractivity contribution in [3.63, 3.8) is 0 Å². The van der Waals surface area contributed by atoms with Crippen LogP contribution < -0.4 is 5.73 Å². The largest absolute Gasteiger partial charge is 0.327 e. The Bertz CT molecular complexity index is 89.1. The van der Waals surface area contributed by atoms with E-state index in [0.29, 0.717) is 6.04 Å². The van der Waals surface area contributed by atoms with Crippen molar-refractivity contribution in [1.82, 2.24) is 0 Å². The molecule has 0 aromatic carbocycles. The number of rotatable bonds is 0. The first-order chi connectivity index (χ1) is 3.86. The number of hydrogen-bond donors (Lipinski definition) is 1. The van der Waals surface area contributed by atoms with E-state index in [1.807, 2.05) is 0 Å². The fourth-order valence-electron chi connectivity index (χ4n) is 2.04. The van der Waals surface area contributed by atoms with E-state index in [1.54, 1.807) is 0 Å². The highest BCUT2D eigenvalue weighted by Crippen LogP contribution is 2.44. The lowest BCUT2D eigenvalue weighted by Gasteiger charge is -2.45. The maximum absolute atomic E-state index is 5.82. The summed E-state index contributed by atoms with van der Waals surface area (Å²) in [5.41, 5.74) is 5.82. The highest BCUT2D eigenvalue weighted by molar-refractivity contribution is 4.92.